The van der Waals surface area contributed by atoms with Gasteiger partial charge in [0.1, 0.15) is 0 Å². The highest BCUT2D eigenvalue weighted by atomic mass is 35.5. The molecule has 0 aromatic heterocycles. The van der Waals surface area contributed by atoms with Gasteiger partial charge in [0.05, 0.1) is 0 Å². The van der Waals surface area contributed by atoms with Crippen LogP contribution in [0, 0.1) is 5.92 Å². The molecule has 1 aliphatic rings. The molecule has 1 unspecified atom stereocenters. The summed E-state index contributed by atoms with van der Waals surface area (Å²) in [6.45, 7) is 6.94. The van der Waals surface area contributed by atoms with E-state index in [0.29, 0.717) is 17.6 Å². The van der Waals surface area contributed by atoms with Crippen molar-refractivity contribution in [3.05, 3.63) is 11.6 Å². The van der Waals surface area contributed by atoms with E-state index >= 15 is 0 Å². The molecular weight excluding hydrogens is 186 g/mol. The minimum absolute atomic E-state index is 0.329. The van der Waals surface area contributed by atoms with Crippen LogP contribution in [0.3, 0.4) is 0 Å². The van der Waals surface area contributed by atoms with Crippen LogP contribution in [0.15, 0.2) is 11.6 Å². The second-order valence-electron chi connectivity index (χ2n) is 3.77. The van der Waals surface area contributed by atoms with E-state index in [2.05, 4.69) is 11.5 Å². The van der Waals surface area contributed by atoms with E-state index in [9.17, 15) is 0 Å². The second-order valence-corrected chi connectivity index (χ2v) is 4.31. The van der Waals surface area contributed by atoms with E-state index in [4.69, 9.17) is 16.7 Å². The predicted octanol–water partition coefficient (Wildman–Crippen LogP) is 1.83. The average molecular weight is 204 g/mol. The maximum Gasteiger partial charge on any atom is 0.0459 e. The third kappa shape index (κ3) is 4.12. The van der Waals surface area contributed by atoms with Crippen LogP contribution in [0.25, 0.3) is 0 Å². The molecule has 0 radical (unpaired) electrons. The fraction of sp³-hybridized carbons (Fsp3) is 0.800. The number of aliphatic hydroxyl groups is 1. The summed E-state index contributed by atoms with van der Waals surface area (Å²) >= 11 is 5.75. The molecule has 1 heterocycles. The lowest BCUT2D eigenvalue weighted by atomic mass is 10.0. The van der Waals surface area contributed by atoms with Gasteiger partial charge in [-0.25, -0.2) is 0 Å². The minimum atomic E-state index is 0.329. The molecule has 2 nitrogen and oxygen atoms in total. The first-order valence-corrected chi connectivity index (χ1v) is 5.26. The Labute approximate surface area is 85.2 Å². The number of nitrogens with zero attached hydrogens (tertiary/aromatic N) is 1. The van der Waals surface area contributed by atoms with E-state index < -0.39 is 0 Å². The third-order valence-corrected chi connectivity index (χ3v) is 2.71. The summed E-state index contributed by atoms with van der Waals surface area (Å²) in [5.74, 6) is 0.494. The predicted molar refractivity (Wildman–Crippen MR) is 55.9 cm³/mol. The lowest BCUT2D eigenvalue weighted by Gasteiger charge is -2.18. The fourth-order valence-corrected chi connectivity index (χ4v) is 1.98. The van der Waals surface area contributed by atoms with Crippen LogP contribution in [0.1, 0.15) is 19.3 Å². The molecule has 3 heteroatoms. The molecule has 1 N–H and O–H groups in total. The van der Waals surface area contributed by atoms with Crippen LogP contribution < -0.4 is 0 Å². The van der Waals surface area contributed by atoms with Crippen LogP contribution in [0.4, 0.5) is 0 Å². The number of halogens is 1. The molecule has 0 aliphatic carbocycles. The summed E-state index contributed by atoms with van der Waals surface area (Å²) in [5.41, 5.74) is 0. The summed E-state index contributed by atoms with van der Waals surface area (Å²) < 4.78 is 0. The molecule has 0 saturated carbocycles. The highest BCUT2D eigenvalue weighted by Gasteiger charge is 2.15. The highest BCUT2D eigenvalue weighted by molar-refractivity contribution is 6.29. The van der Waals surface area contributed by atoms with Crippen molar-refractivity contribution in [3.8, 4) is 0 Å². The van der Waals surface area contributed by atoms with Gasteiger partial charge in [0, 0.05) is 18.2 Å². The fourth-order valence-electron chi connectivity index (χ4n) is 1.81. The Morgan fingerprint density at radius 2 is 2.23 bits per heavy atom. The molecule has 13 heavy (non-hydrogen) atoms. The Hall–Kier alpha value is -0.0500. The van der Waals surface area contributed by atoms with Crippen molar-refractivity contribution in [2.75, 3.05) is 26.2 Å². The van der Waals surface area contributed by atoms with E-state index in [-0.39, 0.29) is 0 Å². The first kappa shape index (κ1) is 11.0. The molecule has 1 saturated heterocycles. The molecular formula is C10H18ClNO. The quantitative estimate of drug-likeness (QED) is 0.757. The number of hydrogen-bond donors (Lipinski definition) is 1. The first-order chi connectivity index (χ1) is 6.22. The van der Waals surface area contributed by atoms with E-state index in [1.165, 1.54) is 0 Å². The molecule has 0 bridgehead atoms. The van der Waals surface area contributed by atoms with Crippen LogP contribution in [-0.4, -0.2) is 36.2 Å². The minimum Gasteiger partial charge on any atom is -0.396 e. The van der Waals surface area contributed by atoms with Gasteiger partial charge < -0.3 is 5.11 Å². The number of hydrogen-bond acceptors (Lipinski definition) is 2. The van der Waals surface area contributed by atoms with Gasteiger partial charge >= 0.3 is 0 Å². The number of rotatable bonds is 3. The normalized spacial score (nSPS) is 25.5. The number of likely N-dealkylation sites (tertiary alicyclic amines) is 1. The zero-order valence-corrected chi connectivity index (χ0v) is 8.76. The van der Waals surface area contributed by atoms with Gasteiger partial charge in [-0.1, -0.05) is 18.2 Å². The monoisotopic (exact) mass is 203 g/mol. The summed E-state index contributed by atoms with van der Waals surface area (Å²) in [6.07, 6.45) is 3.39. The van der Waals surface area contributed by atoms with Crippen molar-refractivity contribution >= 4 is 11.6 Å². The Bertz CT molecular complexity index is 172. The van der Waals surface area contributed by atoms with Crippen LogP contribution in [0.5, 0.6) is 0 Å². The Morgan fingerprint density at radius 1 is 1.46 bits per heavy atom. The Morgan fingerprint density at radius 3 is 2.85 bits per heavy atom. The molecule has 0 aromatic carbocycles. The lowest BCUT2D eigenvalue weighted by molar-refractivity contribution is 0.210. The second kappa shape index (κ2) is 5.63. The molecule has 1 atom stereocenters. The van der Waals surface area contributed by atoms with E-state index in [1.807, 2.05) is 0 Å². The lowest BCUT2D eigenvalue weighted by Crippen LogP contribution is -2.26. The van der Waals surface area contributed by atoms with Crippen molar-refractivity contribution < 1.29 is 5.11 Å². The molecule has 0 aromatic rings. The molecule has 0 amide bonds. The van der Waals surface area contributed by atoms with Gasteiger partial charge in [0.15, 0.2) is 0 Å². The van der Waals surface area contributed by atoms with E-state index in [1.54, 1.807) is 0 Å². The van der Waals surface area contributed by atoms with Gasteiger partial charge in [-0.3, -0.25) is 4.90 Å². The van der Waals surface area contributed by atoms with Crippen LogP contribution in [-0.2, 0) is 0 Å². The molecule has 76 valence electrons. The van der Waals surface area contributed by atoms with Crippen LogP contribution >= 0.6 is 11.6 Å². The largest absolute Gasteiger partial charge is 0.396 e. The Kier molecular flexibility index (Phi) is 4.78. The van der Waals surface area contributed by atoms with Crippen LogP contribution in [0.2, 0.25) is 0 Å². The van der Waals surface area contributed by atoms with Gasteiger partial charge in [0.2, 0.25) is 0 Å². The smallest absolute Gasteiger partial charge is 0.0459 e. The molecule has 1 fully saturated rings. The van der Waals surface area contributed by atoms with Crippen molar-refractivity contribution in [1.29, 1.82) is 0 Å². The zero-order valence-electron chi connectivity index (χ0n) is 8.01. The first-order valence-electron chi connectivity index (χ1n) is 4.89. The van der Waals surface area contributed by atoms with E-state index in [0.717, 1.165) is 38.9 Å². The van der Waals surface area contributed by atoms with Crippen molar-refractivity contribution in [2.24, 2.45) is 5.92 Å². The number of aliphatic hydroxyl groups excluding tert-OH is 1. The van der Waals surface area contributed by atoms with Crippen molar-refractivity contribution in [2.45, 2.75) is 19.3 Å². The maximum absolute atomic E-state index is 9.02. The van der Waals surface area contributed by atoms with Gasteiger partial charge in [-0.2, -0.15) is 0 Å². The SMILES string of the molecule is C=C(Cl)CN1CCCC(CO)CC1. The average Bonchev–Trinajstić information content (AvgIpc) is 2.29. The maximum atomic E-state index is 9.02. The standard InChI is InChI=1S/C10H18ClNO/c1-9(11)7-12-5-2-3-10(8-13)4-6-12/h10,13H,1-8H2. The summed E-state index contributed by atoms with van der Waals surface area (Å²) in [4.78, 5) is 2.31. The van der Waals surface area contributed by atoms with Crippen molar-refractivity contribution in [1.82, 2.24) is 4.90 Å². The third-order valence-electron chi connectivity index (χ3n) is 2.59. The molecule has 1 aliphatic heterocycles. The summed E-state index contributed by atoms with van der Waals surface area (Å²) in [7, 11) is 0. The summed E-state index contributed by atoms with van der Waals surface area (Å²) in [6, 6.07) is 0. The topological polar surface area (TPSA) is 23.5 Å². The summed E-state index contributed by atoms with van der Waals surface area (Å²) in [5, 5.41) is 9.73. The van der Waals surface area contributed by atoms with Crippen molar-refractivity contribution in [3.63, 3.8) is 0 Å². The highest BCUT2D eigenvalue weighted by Crippen LogP contribution is 2.17. The van der Waals surface area contributed by atoms with Gasteiger partial charge in [-0.15, -0.1) is 0 Å². The van der Waals surface area contributed by atoms with Gasteiger partial charge in [-0.05, 0) is 38.3 Å². The van der Waals surface area contributed by atoms with Gasteiger partial charge in [0.25, 0.3) is 0 Å². The molecule has 1 rings (SSSR count). The zero-order chi connectivity index (χ0) is 9.68. The molecule has 0 spiro atoms. The Balaban J connectivity index is 2.31.